The van der Waals surface area contributed by atoms with Gasteiger partial charge in [0.05, 0.1) is 0 Å². The highest BCUT2D eigenvalue weighted by Gasteiger charge is 2.12. The molecule has 3 N–H and O–H groups in total. The minimum Gasteiger partial charge on any atom is -0.271 e. The fraction of sp³-hybridized carbons (Fsp3) is 0.500. The summed E-state index contributed by atoms with van der Waals surface area (Å²) in [4.78, 5) is 0. The molecule has 0 saturated heterocycles. The summed E-state index contributed by atoms with van der Waals surface area (Å²) in [6, 6.07) is 5.82. The Balaban J connectivity index is 2.70. The van der Waals surface area contributed by atoms with Crippen LogP contribution >= 0.6 is 23.2 Å². The lowest BCUT2D eigenvalue weighted by atomic mass is 9.98. The fourth-order valence-corrected chi connectivity index (χ4v) is 2.22. The van der Waals surface area contributed by atoms with E-state index in [4.69, 9.17) is 29.0 Å². The number of hydrogen-bond donors (Lipinski definition) is 2. The number of hydrazine groups is 1. The van der Waals surface area contributed by atoms with E-state index in [1.807, 2.05) is 12.1 Å². The van der Waals surface area contributed by atoms with Gasteiger partial charge < -0.3 is 0 Å². The van der Waals surface area contributed by atoms with Crippen molar-refractivity contribution in [3.05, 3.63) is 33.8 Å². The molecule has 0 radical (unpaired) electrons. The minimum atomic E-state index is 0.249. The lowest BCUT2D eigenvalue weighted by Crippen LogP contribution is -2.37. The second-order valence-electron chi connectivity index (χ2n) is 4.43. The van der Waals surface area contributed by atoms with Crippen LogP contribution in [0.1, 0.15) is 25.8 Å². The maximum absolute atomic E-state index is 6.11. The molecule has 1 atom stereocenters. The molecule has 0 aliphatic carbocycles. The van der Waals surface area contributed by atoms with E-state index < -0.39 is 0 Å². The average Bonchev–Trinajstić information content (AvgIpc) is 2.20. The molecular weight excluding hydrogens is 243 g/mol. The second-order valence-corrected chi connectivity index (χ2v) is 5.28. The lowest BCUT2D eigenvalue weighted by Gasteiger charge is -2.18. The zero-order valence-electron chi connectivity index (χ0n) is 9.63. The van der Waals surface area contributed by atoms with Crippen molar-refractivity contribution in [2.45, 2.75) is 32.7 Å². The van der Waals surface area contributed by atoms with Crippen LogP contribution < -0.4 is 11.3 Å². The van der Waals surface area contributed by atoms with Crippen LogP contribution in [0.3, 0.4) is 0 Å². The third-order valence-corrected chi connectivity index (χ3v) is 3.06. The Morgan fingerprint density at radius 2 is 2.00 bits per heavy atom. The first-order valence-electron chi connectivity index (χ1n) is 5.43. The molecule has 16 heavy (non-hydrogen) atoms. The Morgan fingerprint density at radius 1 is 1.31 bits per heavy atom. The number of nitrogens with one attached hydrogen (secondary N) is 1. The molecule has 1 rings (SSSR count). The first-order valence-corrected chi connectivity index (χ1v) is 6.18. The summed E-state index contributed by atoms with van der Waals surface area (Å²) in [6.07, 6.45) is 1.85. The number of halogens is 2. The molecular formula is C12H18Cl2N2. The maximum Gasteiger partial charge on any atom is 0.0453 e. The predicted octanol–water partition coefficient (Wildman–Crippen LogP) is 3.41. The molecule has 0 amide bonds. The van der Waals surface area contributed by atoms with E-state index in [9.17, 15) is 0 Å². The molecule has 4 heteroatoms. The van der Waals surface area contributed by atoms with Gasteiger partial charge in [-0.15, -0.1) is 0 Å². The molecule has 90 valence electrons. The quantitative estimate of drug-likeness (QED) is 0.629. The van der Waals surface area contributed by atoms with E-state index in [-0.39, 0.29) is 6.04 Å². The van der Waals surface area contributed by atoms with Crippen LogP contribution in [0, 0.1) is 5.92 Å². The summed E-state index contributed by atoms with van der Waals surface area (Å²) in [7, 11) is 0. The van der Waals surface area contributed by atoms with Gasteiger partial charge in [-0.25, -0.2) is 0 Å². The lowest BCUT2D eigenvalue weighted by molar-refractivity contribution is 0.423. The monoisotopic (exact) mass is 260 g/mol. The van der Waals surface area contributed by atoms with Gasteiger partial charge in [-0.05, 0) is 36.5 Å². The Kier molecular flexibility index (Phi) is 5.56. The fourth-order valence-electron chi connectivity index (χ4n) is 1.73. The van der Waals surface area contributed by atoms with Crippen molar-refractivity contribution in [3.8, 4) is 0 Å². The van der Waals surface area contributed by atoms with Crippen molar-refractivity contribution in [2.24, 2.45) is 11.8 Å². The topological polar surface area (TPSA) is 38.0 Å². The SMILES string of the molecule is CC(C)CC(Cc1ccc(Cl)cc1Cl)NN. The van der Waals surface area contributed by atoms with E-state index in [1.165, 1.54) is 0 Å². The molecule has 0 fully saturated rings. The summed E-state index contributed by atoms with van der Waals surface area (Å²) in [5, 5.41) is 1.37. The van der Waals surface area contributed by atoms with Crippen molar-refractivity contribution in [1.29, 1.82) is 0 Å². The van der Waals surface area contributed by atoms with Gasteiger partial charge in [0.25, 0.3) is 0 Å². The normalized spacial score (nSPS) is 13.1. The van der Waals surface area contributed by atoms with Crippen molar-refractivity contribution in [1.82, 2.24) is 5.43 Å². The number of benzene rings is 1. The summed E-state index contributed by atoms with van der Waals surface area (Å²) in [6.45, 7) is 4.35. The Hall–Kier alpha value is -0.280. The molecule has 0 aliphatic heterocycles. The molecule has 1 unspecified atom stereocenters. The highest BCUT2D eigenvalue weighted by molar-refractivity contribution is 6.35. The van der Waals surface area contributed by atoms with E-state index in [0.717, 1.165) is 18.4 Å². The van der Waals surface area contributed by atoms with Crippen LogP contribution in [0.25, 0.3) is 0 Å². The zero-order chi connectivity index (χ0) is 12.1. The van der Waals surface area contributed by atoms with Crippen LogP contribution in [0.2, 0.25) is 10.0 Å². The van der Waals surface area contributed by atoms with Gasteiger partial charge in [0.1, 0.15) is 0 Å². The maximum atomic E-state index is 6.11. The first-order chi connectivity index (χ1) is 7.52. The largest absolute Gasteiger partial charge is 0.271 e. The van der Waals surface area contributed by atoms with E-state index in [0.29, 0.717) is 16.0 Å². The third-order valence-electron chi connectivity index (χ3n) is 2.47. The Morgan fingerprint density at radius 3 is 2.50 bits per heavy atom. The van der Waals surface area contributed by atoms with E-state index in [2.05, 4.69) is 19.3 Å². The average molecular weight is 261 g/mol. The number of rotatable bonds is 5. The summed E-state index contributed by atoms with van der Waals surface area (Å²) in [5.41, 5.74) is 3.91. The molecule has 0 heterocycles. The standard InChI is InChI=1S/C12H18Cl2N2/c1-8(2)5-11(16-15)6-9-3-4-10(13)7-12(9)14/h3-4,7-8,11,16H,5-6,15H2,1-2H3. The summed E-state index contributed by atoms with van der Waals surface area (Å²) < 4.78 is 0. The van der Waals surface area contributed by atoms with E-state index >= 15 is 0 Å². The predicted molar refractivity (Wildman–Crippen MR) is 70.7 cm³/mol. The molecule has 0 spiro atoms. The van der Waals surface area contributed by atoms with Crippen molar-refractivity contribution >= 4 is 23.2 Å². The molecule has 2 nitrogen and oxygen atoms in total. The summed E-state index contributed by atoms with van der Waals surface area (Å²) in [5.74, 6) is 6.13. The first kappa shape index (κ1) is 13.8. The highest BCUT2D eigenvalue weighted by atomic mass is 35.5. The molecule has 0 bridgehead atoms. The smallest absolute Gasteiger partial charge is 0.0453 e. The third kappa shape index (κ3) is 4.30. The van der Waals surface area contributed by atoms with Crippen LogP contribution in [-0.2, 0) is 6.42 Å². The van der Waals surface area contributed by atoms with Crippen LogP contribution in [-0.4, -0.2) is 6.04 Å². The van der Waals surface area contributed by atoms with Crippen molar-refractivity contribution in [2.75, 3.05) is 0 Å². The molecule has 0 saturated carbocycles. The highest BCUT2D eigenvalue weighted by Crippen LogP contribution is 2.23. The molecule has 0 aliphatic rings. The van der Waals surface area contributed by atoms with Crippen LogP contribution in [0.5, 0.6) is 0 Å². The molecule has 1 aromatic carbocycles. The van der Waals surface area contributed by atoms with Gasteiger partial charge in [0.15, 0.2) is 0 Å². The second kappa shape index (κ2) is 6.45. The Bertz CT molecular complexity index is 340. The van der Waals surface area contributed by atoms with Crippen molar-refractivity contribution in [3.63, 3.8) is 0 Å². The van der Waals surface area contributed by atoms with Gasteiger partial charge in [-0.1, -0.05) is 43.1 Å². The van der Waals surface area contributed by atoms with Crippen molar-refractivity contribution < 1.29 is 0 Å². The van der Waals surface area contributed by atoms with E-state index in [1.54, 1.807) is 6.07 Å². The van der Waals surface area contributed by atoms with Gasteiger partial charge in [0.2, 0.25) is 0 Å². The van der Waals surface area contributed by atoms with Gasteiger partial charge in [0, 0.05) is 16.1 Å². The number of hydrogen-bond acceptors (Lipinski definition) is 2. The molecule has 0 aromatic heterocycles. The van der Waals surface area contributed by atoms with Crippen LogP contribution in [0.4, 0.5) is 0 Å². The molecule has 1 aromatic rings. The Labute approximate surface area is 107 Å². The van der Waals surface area contributed by atoms with Gasteiger partial charge in [-0.2, -0.15) is 0 Å². The minimum absolute atomic E-state index is 0.249. The number of nitrogens with two attached hydrogens (primary N) is 1. The van der Waals surface area contributed by atoms with Gasteiger partial charge in [-0.3, -0.25) is 11.3 Å². The zero-order valence-corrected chi connectivity index (χ0v) is 11.1. The van der Waals surface area contributed by atoms with Gasteiger partial charge >= 0.3 is 0 Å². The van der Waals surface area contributed by atoms with Crippen LogP contribution in [0.15, 0.2) is 18.2 Å². The summed E-state index contributed by atoms with van der Waals surface area (Å²) >= 11 is 12.0.